The van der Waals surface area contributed by atoms with E-state index in [1.165, 1.54) is 18.3 Å². The summed E-state index contributed by atoms with van der Waals surface area (Å²) >= 11 is 5.74. The maximum atomic E-state index is 12.3. The van der Waals surface area contributed by atoms with Crippen molar-refractivity contribution < 1.29 is 9.72 Å². The number of benzene rings is 1. The molecule has 0 saturated carbocycles. The van der Waals surface area contributed by atoms with Crippen molar-refractivity contribution >= 4 is 28.9 Å². The van der Waals surface area contributed by atoms with E-state index in [9.17, 15) is 20.2 Å². The number of anilines is 1. The number of nitriles is 1. The normalized spacial score (nSPS) is 15.4. The molecule has 1 aliphatic heterocycles. The van der Waals surface area contributed by atoms with Gasteiger partial charge in [-0.3, -0.25) is 19.8 Å². The first kappa shape index (κ1) is 19.7. The minimum Gasteiger partial charge on any atom is -0.374 e. The molecule has 1 aromatic rings. The lowest BCUT2D eigenvalue weighted by Crippen LogP contribution is -2.45. The minimum atomic E-state index is -0.639. The van der Waals surface area contributed by atoms with E-state index in [-0.39, 0.29) is 22.0 Å². The number of halogens is 1. The predicted octanol–water partition coefficient (Wildman–Crippen LogP) is 1.17. The Morgan fingerprint density at radius 3 is 2.69 bits per heavy atom. The van der Waals surface area contributed by atoms with Crippen molar-refractivity contribution in [3.05, 3.63) is 45.1 Å². The standard InChI is InChI=1S/C16H19ClN6O3/c17-14-2-1-13(9-15(14)23(25)26)20-16(24)12(10-19)11-22-7-5-21(4-3-18)6-8-22/h1-2,9,11H,3-8,18H2,(H,20,24)/b12-11-. The lowest BCUT2D eigenvalue weighted by Gasteiger charge is -2.33. The second kappa shape index (κ2) is 9.15. The molecule has 0 atom stereocenters. The summed E-state index contributed by atoms with van der Waals surface area (Å²) in [4.78, 5) is 26.7. The highest BCUT2D eigenvalue weighted by atomic mass is 35.5. The molecule has 1 aliphatic rings. The van der Waals surface area contributed by atoms with Gasteiger partial charge in [0, 0.05) is 57.2 Å². The molecule has 0 aromatic heterocycles. The van der Waals surface area contributed by atoms with Crippen molar-refractivity contribution in [1.29, 1.82) is 5.26 Å². The summed E-state index contributed by atoms with van der Waals surface area (Å²) in [5, 5.41) is 22.6. The first-order chi connectivity index (χ1) is 12.4. The van der Waals surface area contributed by atoms with Gasteiger partial charge >= 0.3 is 0 Å². The molecular formula is C16H19ClN6O3. The van der Waals surface area contributed by atoms with Crippen molar-refractivity contribution in [2.24, 2.45) is 5.73 Å². The monoisotopic (exact) mass is 378 g/mol. The Morgan fingerprint density at radius 2 is 2.12 bits per heavy atom. The van der Waals surface area contributed by atoms with Crippen molar-refractivity contribution in [3.63, 3.8) is 0 Å². The highest BCUT2D eigenvalue weighted by Gasteiger charge is 2.18. The number of hydrogen-bond acceptors (Lipinski definition) is 7. The van der Waals surface area contributed by atoms with Gasteiger partial charge in [-0.25, -0.2) is 0 Å². The molecule has 1 fully saturated rings. The number of carbonyl (C=O) groups excluding carboxylic acids is 1. The van der Waals surface area contributed by atoms with Gasteiger partial charge in [0.1, 0.15) is 16.7 Å². The number of rotatable bonds is 6. The molecule has 9 nitrogen and oxygen atoms in total. The van der Waals surface area contributed by atoms with Gasteiger partial charge in [0.2, 0.25) is 0 Å². The van der Waals surface area contributed by atoms with E-state index in [0.717, 1.165) is 25.7 Å². The Hall–Kier alpha value is -2.67. The van der Waals surface area contributed by atoms with Gasteiger partial charge in [-0.15, -0.1) is 0 Å². The molecule has 0 bridgehead atoms. The van der Waals surface area contributed by atoms with E-state index in [2.05, 4.69) is 10.2 Å². The number of nitro benzene ring substituents is 1. The summed E-state index contributed by atoms with van der Waals surface area (Å²) in [6.07, 6.45) is 1.51. The van der Waals surface area contributed by atoms with Crippen molar-refractivity contribution in [1.82, 2.24) is 9.80 Å². The average Bonchev–Trinajstić information content (AvgIpc) is 2.62. The summed E-state index contributed by atoms with van der Waals surface area (Å²) in [6, 6.07) is 5.78. The van der Waals surface area contributed by atoms with Crippen molar-refractivity contribution in [2.45, 2.75) is 0 Å². The zero-order valence-electron chi connectivity index (χ0n) is 14.0. The predicted molar refractivity (Wildman–Crippen MR) is 97.5 cm³/mol. The number of nitrogens with zero attached hydrogens (tertiary/aromatic N) is 4. The van der Waals surface area contributed by atoms with Crippen LogP contribution < -0.4 is 11.1 Å². The summed E-state index contributed by atoms with van der Waals surface area (Å²) in [5.41, 5.74) is 5.34. The quantitative estimate of drug-likeness (QED) is 0.329. The van der Waals surface area contributed by atoms with E-state index < -0.39 is 10.8 Å². The fourth-order valence-corrected chi connectivity index (χ4v) is 2.73. The Labute approximate surface area is 155 Å². The van der Waals surface area contributed by atoms with Crippen LogP contribution in [0.25, 0.3) is 0 Å². The van der Waals surface area contributed by atoms with Crippen LogP contribution in [0.1, 0.15) is 0 Å². The van der Waals surface area contributed by atoms with Gasteiger partial charge in [-0.2, -0.15) is 5.26 Å². The third kappa shape index (κ3) is 5.16. The van der Waals surface area contributed by atoms with E-state index in [1.807, 2.05) is 11.0 Å². The molecule has 0 radical (unpaired) electrons. The minimum absolute atomic E-state index is 0.0283. The molecule has 0 unspecified atom stereocenters. The maximum absolute atomic E-state index is 12.3. The van der Waals surface area contributed by atoms with Crippen LogP contribution in [0.2, 0.25) is 5.02 Å². The third-order valence-electron chi connectivity index (χ3n) is 3.93. The van der Waals surface area contributed by atoms with Gasteiger partial charge in [0.25, 0.3) is 11.6 Å². The zero-order valence-corrected chi connectivity index (χ0v) is 14.8. The average molecular weight is 379 g/mol. The third-order valence-corrected chi connectivity index (χ3v) is 4.25. The Bertz CT molecular complexity index is 753. The van der Waals surface area contributed by atoms with E-state index >= 15 is 0 Å². The topological polar surface area (TPSA) is 129 Å². The molecule has 0 spiro atoms. The van der Waals surface area contributed by atoms with Gasteiger partial charge in [0.15, 0.2) is 0 Å². The van der Waals surface area contributed by atoms with E-state index in [0.29, 0.717) is 19.6 Å². The molecule has 1 amide bonds. The highest BCUT2D eigenvalue weighted by molar-refractivity contribution is 6.32. The van der Waals surface area contributed by atoms with Crippen LogP contribution in [0, 0.1) is 21.4 Å². The molecule has 0 aliphatic carbocycles. The van der Waals surface area contributed by atoms with Gasteiger partial charge < -0.3 is 16.0 Å². The second-order valence-corrected chi connectivity index (χ2v) is 6.11. The molecule has 1 aromatic carbocycles. The molecule has 3 N–H and O–H groups in total. The molecule has 1 saturated heterocycles. The molecule has 26 heavy (non-hydrogen) atoms. The van der Waals surface area contributed by atoms with Crippen LogP contribution in [0.3, 0.4) is 0 Å². The fraction of sp³-hybridized carbons (Fsp3) is 0.375. The van der Waals surface area contributed by atoms with Crippen LogP contribution in [0.5, 0.6) is 0 Å². The van der Waals surface area contributed by atoms with Crippen LogP contribution >= 0.6 is 11.6 Å². The lowest BCUT2D eigenvalue weighted by atomic mass is 10.2. The number of nitro groups is 1. The Morgan fingerprint density at radius 1 is 1.42 bits per heavy atom. The number of nitrogens with two attached hydrogens (primary N) is 1. The summed E-state index contributed by atoms with van der Waals surface area (Å²) in [5.74, 6) is -0.631. The number of hydrogen-bond donors (Lipinski definition) is 2. The first-order valence-electron chi connectivity index (χ1n) is 7.98. The van der Waals surface area contributed by atoms with Crippen LogP contribution in [0.15, 0.2) is 30.0 Å². The largest absolute Gasteiger partial charge is 0.374 e. The van der Waals surface area contributed by atoms with E-state index in [4.69, 9.17) is 17.3 Å². The number of piperazine rings is 1. The first-order valence-corrected chi connectivity index (χ1v) is 8.36. The zero-order chi connectivity index (χ0) is 19.1. The van der Waals surface area contributed by atoms with Gasteiger partial charge in [-0.1, -0.05) is 11.6 Å². The number of amides is 1. The number of nitrogens with one attached hydrogen (secondary N) is 1. The Balaban J connectivity index is 2.04. The molecule has 10 heteroatoms. The highest BCUT2D eigenvalue weighted by Crippen LogP contribution is 2.27. The lowest BCUT2D eigenvalue weighted by molar-refractivity contribution is -0.384. The summed E-state index contributed by atoms with van der Waals surface area (Å²) < 4.78 is 0. The van der Waals surface area contributed by atoms with Gasteiger partial charge in [-0.05, 0) is 12.1 Å². The fourth-order valence-electron chi connectivity index (χ4n) is 2.55. The van der Waals surface area contributed by atoms with Gasteiger partial charge in [0.05, 0.1) is 4.92 Å². The molecule has 138 valence electrons. The molecule has 1 heterocycles. The molecular weight excluding hydrogens is 360 g/mol. The Kier molecular flexibility index (Phi) is 6.91. The van der Waals surface area contributed by atoms with E-state index in [1.54, 1.807) is 0 Å². The maximum Gasteiger partial charge on any atom is 0.289 e. The smallest absolute Gasteiger partial charge is 0.289 e. The second-order valence-electron chi connectivity index (χ2n) is 5.70. The summed E-state index contributed by atoms with van der Waals surface area (Å²) in [7, 11) is 0. The number of carbonyl (C=O) groups is 1. The SMILES string of the molecule is N#C/C(=C/N1CCN(CCN)CC1)C(=O)Nc1ccc(Cl)c([N+](=O)[O-])c1. The van der Waals surface area contributed by atoms with Crippen molar-refractivity contribution in [3.8, 4) is 6.07 Å². The molecule has 2 rings (SSSR count). The summed E-state index contributed by atoms with van der Waals surface area (Å²) in [6.45, 7) is 4.39. The van der Waals surface area contributed by atoms with Crippen LogP contribution in [-0.2, 0) is 4.79 Å². The van der Waals surface area contributed by atoms with Crippen LogP contribution in [0.4, 0.5) is 11.4 Å². The van der Waals surface area contributed by atoms with Crippen LogP contribution in [-0.4, -0.2) is 59.9 Å². The van der Waals surface area contributed by atoms with Crippen molar-refractivity contribution in [2.75, 3.05) is 44.6 Å².